The molecule has 0 saturated carbocycles. The number of amides is 1. The van der Waals surface area contributed by atoms with Crippen LogP contribution >= 0.6 is 0 Å². The highest BCUT2D eigenvalue weighted by atomic mass is 16.5. The fraction of sp³-hybridized carbons (Fsp3) is 0.167. The van der Waals surface area contributed by atoms with E-state index in [1.54, 1.807) is 60.5 Å². The van der Waals surface area contributed by atoms with Crippen LogP contribution < -0.4 is 9.64 Å². The lowest BCUT2D eigenvalue weighted by Crippen LogP contribution is -2.45. The molecule has 1 heterocycles. The summed E-state index contributed by atoms with van der Waals surface area (Å²) in [6.07, 6.45) is 0. The van der Waals surface area contributed by atoms with Gasteiger partial charge in [0, 0.05) is 11.3 Å². The van der Waals surface area contributed by atoms with Crippen LogP contribution in [-0.4, -0.2) is 24.1 Å². The Bertz CT molecular complexity index is 1060. The van der Waals surface area contributed by atoms with Crippen LogP contribution in [0.3, 0.4) is 0 Å². The van der Waals surface area contributed by atoms with Gasteiger partial charge in [-0.25, -0.2) is 0 Å². The predicted molar refractivity (Wildman–Crippen MR) is 111 cm³/mol. The molecule has 0 aliphatic carbocycles. The number of aryl methyl sites for hydroxylation is 1. The number of hydrogen-bond acceptors (Lipinski definition) is 3. The van der Waals surface area contributed by atoms with Gasteiger partial charge in [0.05, 0.1) is 13.2 Å². The second kappa shape index (κ2) is 7.43. The molecule has 0 spiro atoms. The quantitative estimate of drug-likeness (QED) is 0.712. The Morgan fingerprint density at radius 2 is 1.62 bits per heavy atom. The maximum absolute atomic E-state index is 13.5. The number of fused-ring (bicyclic) bond motifs is 1. The van der Waals surface area contributed by atoms with Crippen molar-refractivity contribution < 1.29 is 19.4 Å². The van der Waals surface area contributed by atoms with Crippen molar-refractivity contribution in [3.63, 3.8) is 0 Å². The van der Waals surface area contributed by atoms with Gasteiger partial charge in [-0.05, 0) is 48.4 Å². The predicted octanol–water partition coefficient (Wildman–Crippen LogP) is 4.57. The second-order valence-corrected chi connectivity index (χ2v) is 7.13. The first-order valence-corrected chi connectivity index (χ1v) is 9.37. The number of rotatable bonds is 4. The first kappa shape index (κ1) is 18.7. The van der Waals surface area contributed by atoms with Gasteiger partial charge in [-0.2, -0.15) is 0 Å². The molecule has 146 valence electrons. The molecule has 0 bridgehead atoms. The molecule has 5 heteroatoms. The Kier molecular flexibility index (Phi) is 4.80. The molecule has 3 aromatic carbocycles. The van der Waals surface area contributed by atoms with E-state index in [4.69, 9.17) is 4.74 Å². The van der Waals surface area contributed by atoms with Crippen molar-refractivity contribution in [2.24, 2.45) is 0 Å². The lowest BCUT2D eigenvalue weighted by Gasteiger charge is -2.40. The zero-order valence-corrected chi connectivity index (χ0v) is 16.2. The SMILES string of the molecule is COc1ccc(N2C(=O)c3ccccc3C(C(=O)O)C2c2ccc(C)cc2)cc1. The highest BCUT2D eigenvalue weighted by molar-refractivity contribution is 6.11. The molecular formula is C24H21NO4. The summed E-state index contributed by atoms with van der Waals surface area (Å²) in [6.45, 7) is 1.97. The summed E-state index contributed by atoms with van der Waals surface area (Å²) in [5.74, 6) is -1.39. The van der Waals surface area contributed by atoms with E-state index in [1.807, 2.05) is 31.2 Å². The normalized spacial score (nSPS) is 18.3. The third-order valence-corrected chi connectivity index (χ3v) is 5.37. The lowest BCUT2D eigenvalue weighted by atomic mass is 9.79. The number of benzene rings is 3. The minimum Gasteiger partial charge on any atom is -0.497 e. The van der Waals surface area contributed by atoms with Crippen LogP contribution in [0.2, 0.25) is 0 Å². The molecule has 0 fully saturated rings. The molecule has 1 N–H and O–H groups in total. The van der Waals surface area contributed by atoms with Gasteiger partial charge in [0.25, 0.3) is 5.91 Å². The molecule has 1 aliphatic rings. The number of carbonyl (C=O) groups excluding carboxylic acids is 1. The fourth-order valence-corrected chi connectivity index (χ4v) is 3.93. The molecule has 0 saturated heterocycles. The molecule has 1 amide bonds. The van der Waals surface area contributed by atoms with Crippen molar-refractivity contribution in [2.75, 3.05) is 12.0 Å². The van der Waals surface area contributed by atoms with Crippen molar-refractivity contribution in [2.45, 2.75) is 18.9 Å². The number of carbonyl (C=O) groups is 2. The third kappa shape index (κ3) is 3.25. The van der Waals surface area contributed by atoms with Crippen LogP contribution in [-0.2, 0) is 4.79 Å². The summed E-state index contributed by atoms with van der Waals surface area (Å²) in [5, 5.41) is 10.1. The van der Waals surface area contributed by atoms with Gasteiger partial charge in [0.15, 0.2) is 0 Å². The topological polar surface area (TPSA) is 66.8 Å². The zero-order valence-electron chi connectivity index (χ0n) is 16.2. The van der Waals surface area contributed by atoms with E-state index in [0.29, 0.717) is 22.6 Å². The summed E-state index contributed by atoms with van der Waals surface area (Å²) in [7, 11) is 1.58. The Balaban J connectivity index is 1.95. The van der Waals surface area contributed by atoms with Crippen LogP contribution in [0.1, 0.15) is 39.0 Å². The van der Waals surface area contributed by atoms with E-state index >= 15 is 0 Å². The molecule has 1 aliphatic heterocycles. The van der Waals surface area contributed by atoms with Gasteiger partial charge in [-0.1, -0.05) is 48.0 Å². The third-order valence-electron chi connectivity index (χ3n) is 5.37. The summed E-state index contributed by atoms with van der Waals surface area (Å²) in [5.41, 5.74) is 3.43. The second-order valence-electron chi connectivity index (χ2n) is 7.13. The average Bonchev–Trinajstić information content (AvgIpc) is 2.74. The van der Waals surface area contributed by atoms with Crippen LogP contribution in [0.15, 0.2) is 72.8 Å². The van der Waals surface area contributed by atoms with E-state index in [1.165, 1.54) is 0 Å². The van der Waals surface area contributed by atoms with Gasteiger partial charge >= 0.3 is 5.97 Å². The number of carboxylic acid groups (broad SMARTS) is 1. The first-order chi connectivity index (χ1) is 14.0. The van der Waals surface area contributed by atoms with E-state index in [9.17, 15) is 14.7 Å². The van der Waals surface area contributed by atoms with Crippen LogP contribution in [0.5, 0.6) is 5.75 Å². The molecule has 0 aromatic heterocycles. The van der Waals surface area contributed by atoms with Crippen molar-refractivity contribution >= 4 is 17.6 Å². The van der Waals surface area contributed by atoms with Crippen LogP contribution in [0.4, 0.5) is 5.69 Å². The molecular weight excluding hydrogens is 366 g/mol. The lowest BCUT2D eigenvalue weighted by molar-refractivity contribution is -0.139. The molecule has 5 nitrogen and oxygen atoms in total. The van der Waals surface area contributed by atoms with Gasteiger partial charge in [-0.15, -0.1) is 0 Å². The van der Waals surface area contributed by atoms with E-state index in [2.05, 4.69) is 0 Å². The number of anilines is 1. The van der Waals surface area contributed by atoms with Gasteiger partial charge < -0.3 is 9.84 Å². The summed E-state index contributed by atoms with van der Waals surface area (Å²) in [6, 6.07) is 21.1. The minimum absolute atomic E-state index is 0.214. The fourth-order valence-electron chi connectivity index (χ4n) is 3.93. The van der Waals surface area contributed by atoms with Gasteiger partial charge in [0.2, 0.25) is 0 Å². The van der Waals surface area contributed by atoms with Crippen LogP contribution in [0, 0.1) is 6.92 Å². The summed E-state index contributed by atoms with van der Waals surface area (Å²) in [4.78, 5) is 27.5. The molecule has 2 unspecified atom stereocenters. The van der Waals surface area contributed by atoms with Crippen LogP contribution in [0.25, 0.3) is 0 Å². The number of hydrogen-bond donors (Lipinski definition) is 1. The van der Waals surface area contributed by atoms with Gasteiger partial charge in [0.1, 0.15) is 11.7 Å². The Morgan fingerprint density at radius 1 is 0.966 bits per heavy atom. The summed E-state index contributed by atoms with van der Waals surface area (Å²) < 4.78 is 5.23. The zero-order chi connectivity index (χ0) is 20.5. The van der Waals surface area contributed by atoms with E-state index < -0.39 is 17.9 Å². The van der Waals surface area contributed by atoms with Crippen molar-refractivity contribution in [1.29, 1.82) is 0 Å². The Morgan fingerprint density at radius 3 is 2.24 bits per heavy atom. The largest absolute Gasteiger partial charge is 0.497 e. The number of carboxylic acids is 1. The molecule has 3 aromatic rings. The number of aliphatic carboxylic acids is 1. The number of methoxy groups -OCH3 is 1. The van der Waals surface area contributed by atoms with E-state index in [-0.39, 0.29) is 5.91 Å². The van der Waals surface area contributed by atoms with Crippen molar-refractivity contribution in [3.05, 3.63) is 95.1 Å². The van der Waals surface area contributed by atoms with Gasteiger partial charge in [-0.3, -0.25) is 14.5 Å². The molecule has 29 heavy (non-hydrogen) atoms. The smallest absolute Gasteiger partial charge is 0.313 e. The highest BCUT2D eigenvalue weighted by Gasteiger charge is 2.44. The number of ether oxygens (including phenoxy) is 1. The molecule has 4 rings (SSSR count). The molecule has 0 radical (unpaired) electrons. The van der Waals surface area contributed by atoms with Crippen molar-refractivity contribution in [3.8, 4) is 5.75 Å². The number of nitrogens with zero attached hydrogens (tertiary/aromatic N) is 1. The van der Waals surface area contributed by atoms with Crippen molar-refractivity contribution in [1.82, 2.24) is 0 Å². The Labute approximate surface area is 169 Å². The average molecular weight is 387 g/mol. The van der Waals surface area contributed by atoms with E-state index in [0.717, 1.165) is 11.1 Å². The maximum Gasteiger partial charge on any atom is 0.313 e. The minimum atomic E-state index is -0.964. The standard InChI is InChI=1S/C24H21NO4/c1-15-7-9-16(10-8-15)22-21(24(27)28)19-5-3-4-6-20(19)23(26)25(22)17-11-13-18(29-2)14-12-17/h3-14,21-22H,1-2H3,(H,27,28). The monoisotopic (exact) mass is 387 g/mol. The Hall–Kier alpha value is -3.60. The maximum atomic E-state index is 13.5. The first-order valence-electron chi connectivity index (χ1n) is 9.37. The highest BCUT2D eigenvalue weighted by Crippen LogP contribution is 2.45. The molecule has 2 atom stereocenters. The summed E-state index contributed by atoms with van der Waals surface area (Å²) >= 11 is 0.